The molecule has 0 bridgehead atoms. The quantitative estimate of drug-likeness (QED) is 0.929. The van der Waals surface area contributed by atoms with Gasteiger partial charge >= 0.3 is 0 Å². The number of benzene rings is 2. The number of hydrogen-bond donors (Lipinski definition) is 1. The van der Waals surface area contributed by atoms with Gasteiger partial charge in [0.1, 0.15) is 13.2 Å². The van der Waals surface area contributed by atoms with Crippen LogP contribution in [0.25, 0.3) is 0 Å². The Morgan fingerprint density at radius 3 is 2.50 bits per heavy atom. The molecule has 1 N–H and O–H groups in total. The third-order valence-electron chi connectivity index (χ3n) is 3.70. The maximum atomic E-state index is 5.83. The van der Waals surface area contributed by atoms with Gasteiger partial charge in [0, 0.05) is 5.56 Å². The van der Waals surface area contributed by atoms with Gasteiger partial charge in [0.25, 0.3) is 0 Å². The third kappa shape index (κ3) is 2.25. The van der Waals surface area contributed by atoms with Crippen LogP contribution in [0.1, 0.15) is 22.7 Å². The summed E-state index contributed by atoms with van der Waals surface area (Å²) in [5, 5.41) is 3.39. The fourth-order valence-corrected chi connectivity index (χ4v) is 2.71. The molecule has 2 aromatic carbocycles. The first kappa shape index (κ1) is 13.0. The summed E-state index contributed by atoms with van der Waals surface area (Å²) in [5.74, 6) is 1.70. The maximum Gasteiger partial charge on any atom is 0.166 e. The Balaban J connectivity index is 2.09. The summed E-state index contributed by atoms with van der Waals surface area (Å²) in [5.41, 5.74) is 3.65. The van der Waals surface area contributed by atoms with Gasteiger partial charge in [0.15, 0.2) is 11.5 Å². The number of hydrogen-bond acceptors (Lipinski definition) is 3. The van der Waals surface area contributed by atoms with Crippen molar-refractivity contribution >= 4 is 0 Å². The molecule has 1 atom stereocenters. The third-order valence-corrected chi connectivity index (χ3v) is 3.70. The zero-order valence-electron chi connectivity index (χ0n) is 11.8. The SMILES string of the molecule is CNC(c1ccccc1C)c1cccc2c1OCCO2. The number of para-hydroxylation sites is 1. The van der Waals surface area contributed by atoms with Crippen LogP contribution in [0.4, 0.5) is 0 Å². The van der Waals surface area contributed by atoms with Crippen LogP contribution in [-0.4, -0.2) is 20.3 Å². The highest BCUT2D eigenvalue weighted by atomic mass is 16.6. The Morgan fingerprint density at radius 1 is 0.950 bits per heavy atom. The van der Waals surface area contributed by atoms with Crippen molar-refractivity contribution in [3.05, 3.63) is 59.2 Å². The summed E-state index contributed by atoms with van der Waals surface area (Å²) < 4.78 is 11.5. The highest BCUT2D eigenvalue weighted by Gasteiger charge is 2.23. The van der Waals surface area contributed by atoms with E-state index in [4.69, 9.17) is 9.47 Å². The predicted molar refractivity (Wildman–Crippen MR) is 79.5 cm³/mol. The van der Waals surface area contributed by atoms with E-state index < -0.39 is 0 Å². The van der Waals surface area contributed by atoms with Gasteiger partial charge in [-0.15, -0.1) is 0 Å². The minimum atomic E-state index is 0.104. The zero-order valence-corrected chi connectivity index (χ0v) is 11.8. The lowest BCUT2D eigenvalue weighted by Crippen LogP contribution is -2.22. The minimum Gasteiger partial charge on any atom is -0.486 e. The van der Waals surface area contributed by atoms with Crippen LogP contribution < -0.4 is 14.8 Å². The topological polar surface area (TPSA) is 30.5 Å². The number of aryl methyl sites for hydroxylation is 1. The van der Waals surface area contributed by atoms with Gasteiger partial charge in [-0.1, -0.05) is 36.4 Å². The van der Waals surface area contributed by atoms with Crippen LogP contribution >= 0.6 is 0 Å². The van der Waals surface area contributed by atoms with E-state index in [-0.39, 0.29) is 6.04 Å². The molecular formula is C17H19NO2. The van der Waals surface area contributed by atoms with E-state index in [1.165, 1.54) is 11.1 Å². The molecule has 3 heteroatoms. The molecule has 0 amide bonds. The van der Waals surface area contributed by atoms with Gasteiger partial charge in [-0.2, -0.15) is 0 Å². The monoisotopic (exact) mass is 269 g/mol. The standard InChI is InChI=1S/C17H19NO2/c1-12-6-3-4-7-13(12)16(18-2)14-8-5-9-15-17(14)20-11-10-19-15/h3-9,16,18H,10-11H2,1-2H3. The van der Waals surface area contributed by atoms with Crippen molar-refractivity contribution in [2.45, 2.75) is 13.0 Å². The van der Waals surface area contributed by atoms with E-state index in [1.807, 2.05) is 19.2 Å². The van der Waals surface area contributed by atoms with Crippen LogP contribution in [0.2, 0.25) is 0 Å². The minimum absolute atomic E-state index is 0.104. The Morgan fingerprint density at radius 2 is 1.70 bits per heavy atom. The lowest BCUT2D eigenvalue weighted by atomic mass is 9.94. The highest BCUT2D eigenvalue weighted by molar-refractivity contribution is 5.52. The second-order valence-corrected chi connectivity index (χ2v) is 4.95. The second-order valence-electron chi connectivity index (χ2n) is 4.95. The summed E-state index contributed by atoms with van der Waals surface area (Å²) in [6, 6.07) is 14.6. The molecule has 3 rings (SSSR count). The van der Waals surface area contributed by atoms with Crippen LogP contribution in [0, 0.1) is 6.92 Å². The molecule has 20 heavy (non-hydrogen) atoms. The lowest BCUT2D eigenvalue weighted by Gasteiger charge is -2.26. The number of nitrogens with one attached hydrogen (secondary N) is 1. The predicted octanol–water partition coefficient (Wildman–Crippen LogP) is 3.08. The van der Waals surface area contributed by atoms with Gasteiger partial charge in [0.2, 0.25) is 0 Å². The Hall–Kier alpha value is -2.00. The maximum absolute atomic E-state index is 5.83. The van der Waals surface area contributed by atoms with Crippen molar-refractivity contribution in [2.24, 2.45) is 0 Å². The van der Waals surface area contributed by atoms with E-state index in [9.17, 15) is 0 Å². The highest BCUT2D eigenvalue weighted by Crippen LogP contribution is 2.39. The number of fused-ring (bicyclic) bond motifs is 1. The summed E-state index contributed by atoms with van der Waals surface area (Å²) in [7, 11) is 1.97. The average Bonchev–Trinajstić information content (AvgIpc) is 2.50. The lowest BCUT2D eigenvalue weighted by molar-refractivity contribution is 0.169. The van der Waals surface area contributed by atoms with Gasteiger partial charge in [-0.25, -0.2) is 0 Å². The van der Waals surface area contributed by atoms with E-state index in [1.54, 1.807) is 0 Å². The zero-order chi connectivity index (χ0) is 13.9. The smallest absolute Gasteiger partial charge is 0.166 e. The van der Waals surface area contributed by atoms with Crippen LogP contribution in [0.3, 0.4) is 0 Å². The van der Waals surface area contributed by atoms with Crippen LogP contribution in [-0.2, 0) is 0 Å². The van der Waals surface area contributed by atoms with E-state index >= 15 is 0 Å². The first-order valence-electron chi connectivity index (χ1n) is 6.92. The normalized spacial score (nSPS) is 14.9. The van der Waals surface area contributed by atoms with Crippen molar-refractivity contribution in [1.82, 2.24) is 5.32 Å². The fraction of sp³-hybridized carbons (Fsp3) is 0.294. The second kappa shape index (κ2) is 5.55. The van der Waals surface area contributed by atoms with Gasteiger partial charge in [0.05, 0.1) is 6.04 Å². The number of ether oxygens (including phenoxy) is 2. The summed E-state index contributed by atoms with van der Waals surface area (Å²) in [6.07, 6.45) is 0. The molecule has 1 aliphatic rings. The molecule has 1 aliphatic heterocycles. The Bertz CT molecular complexity index is 610. The molecule has 0 aliphatic carbocycles. The molecule has 2 aromatic rings. The van der Waals surface area contributed by atoms with Gasteiger partial charge in [-0.3, -0.25) is 0 Å². The molecule has 0 radical (unpaired) electrons. The van der Waals surface area contributed by atoms with E-state index in [2.05, 4.69) is 42.6 Å². The summed E-state index contributed by atoms with van der Waals surface area (Å²) in [4.78, 5) is 0. The summed E-state index contributed by atoms with van der Waals surface area (Å²) in [6.45, 7) is 3.35. The molecule has 0 saturated heterocycles. The van der Waals surface area contributed by atoms with E-state index in [0.29, 0.717) is 13.2 Å². The molecule has 0 saturated carbocycles. The molecular weight excluding hydrogens is 250 g/mol. The first-order valence-corrected chi connectivity index (χ1v) is 6.92. The molecule has 1 heterocycles. The molecule has 0 fully saturated rings. The average molecular weight is 269 g/mol. The molecule has 0 spiro atoms. The Labute approximate surface area is 119 Å². The summed E-state index contributed by atoms with van der Waals surface area (Å²) >= 11 is 0. The first-order chi connectivity index (χ1) is 9.81. The van der Waals surface area contributed by atoms with Gasteiger partial charge < -0.3 is 14.8 Å². The Kier molecular flexibility index (Phi) is 3.61. The molecule has 0 aromatic heterocycles. The largest absolute Gasteiger partial charge is 0.486 e. The van der Waals surface area contributed by atoms with Crippen molar-refractivity contribution in [3.63, 3.8) is 0 Å². The van der Waals surface area contributed by atoms with Crippen LogP contribution in [0.5, 0.6) is 11.5 Å². The van der Waals surface area contributed by atoms with Crippen LogP contribution in [0.15, 0.2) is 42.5 Å². The fourth-order valence-electron chi connectivity index (χ4n) is 2.71. The molecule has 3 nitrogen and oxygen atoms in total. The van der Waals surface area contributed by atoms with Crippen molar-refractivity contribution in [3.8, 4) is 11.5 Å². The van der Waals surface area contributed by atoms with Crippen molar-refractivity contribution < 1.29 is 9.47 Å². The van der Waals surface area contributed by atoms with Gasteiger partial charge in [-0.05, 0) is 31.2 Å². The number of rotatable bonds is 3. The van der Waals surface area contributed by atoms with Crippen molar-refractivity contribution in [2.75, 3.05) is 20.3 Å². The van der Waals surface area contributed by atoms with Crippen molar-refractivity contribution in [1.29, 1.82) is 0 Å². The molecule has 1 unspecified atom stereocenters. The van der Waals surface area contributed by atoms with E-state index in [0.717, 1.165) is 17.1 Å². The molecule has 104 valence electrons.